The van der Waals surface area contributed by atoms with E-state index in [4.69, 9.17) is 41.2 Å². The number of rotatable bonds is 3. The van der Waals surface area contributed by atoms with Gasteiger partial charge >= 0.3 is 0 Å². The number of carbonyl (C=O) groups is 1. The molecular formula is C14H9BrCl2N2OS. The molecule has 0 aliphatic rings. The van der Waals surface area contributed by atoms with Crippen LogP contribution in [0.15, 0.2) is 40.9 Å². The molecule has 0 aliphatic heterocycles. The van der Waals surface area contributed by atoms with Crippen LogP contribution in [0.2, 0.25) is 10.0 Å². The van der Waals surface area contributed by atoms with Gasteiger partial charge in [0, 0.05) is 25.6 Å². The van der Waals surface area contributed by atoms with Gasteiger partial charge in [0.2, 0.25) is 0 Å². The Morgan fingerprint density at radius 2 is 1.71 bits per heavy atom. The van der Waals surface area contributed by atoms with Crippen LogP contribution >= 0.6 is 51.3 Å². The van der Waals surface area contributed by atoms with E-state index >= 15 is 0 Å². The van der Waals surface area contributed by atoms with E-state index in [1.165, 1.54) is 0 Å². The maximum Gasteiger partial charge on any atom is 0.255 e. The van der Waals surface area contributed by atoms with Gasteiger partial charge in [0.15, 0.2) is 0 Å². The number of amides is 1. The van der Waals surface area contributed by atoms with Gasteiger partial charge < -0.3 is 11.1 Å². The number of benzene rings is 2. The molecule has 3 N–H and O–H groups in total. The van der Waals surface area contributed by atoms with Crippen molar-refractivity contribution in [2.24, 2.45) is 5.73 Å². The fourth-order valence-corrected chi connectivity index (χ4v) is 2.78. The Kier molecular flexibility index (Phi) is 5.22. The molecule has 0 spiro atoms. The molecule has 0 radical (unpaired) electrons. The van der Waals surface area contributed by atoms with Crippen molar-refractivity contribution in [3.05, 3.63) is 62.0 Å². The molecular weight excluding hydrogens is 395 g/mol. The number of carbonyl (C=O) groups excluding carboxylic acids is 1. The number of hydrogen-bond donors (Lipinski definition) is 2. The van der Waals surface area contributed by atoms with E-state index in [0.717, 1.165) is 0 Å². The van der Waals surface area contributed by atoms with E-state index in [1.807, 2.05) is 0 Å². The van der Waals surface area contributed by atoms with E-state index in [9.17, 15) is 4.79 Å². The fourth-order valence-electron chi connectivity index (χ4n) is 1.65. The van der Waals surface area contributed by atoms with E-state index < -0.39 is 0 Å². The molecule has 2 rings (SSSR count). The second-order valence-corrected chi connectivity index (χ2v) is 6.34. The molecule has 1 amide bonds. The predicted octanol–water partition coefficient (Wildman–Crippen LogP) is 4.64. The van der Waals surface area contributed by atoms with Crippen LogP contribution < -0.4 is 11.1 Å². The Morgan fingerprint density at radius 1 is 1.10 bits per heavy atom. The van der Waals surface area contributed by atoms with Gasteiger partial charge in [0.05, 0.1) is 5.69 Å². The van der Waals surface area contributed by atoms with Crippen molar-refractivity contribution < 1.29 is 4.79 Å². The van der Waals surface area contributed by atoms with Crippen molar-refractivity contribution >= 4 is 67.9 Å². The monoisotopic (exact) mass is 402 g/mol. The topological polar surface area (TPSA) is 55.1 Å². The first-order valence-corrected chi connectivity index (χ1v) is 7.69. The molecule has 0 saturated heterocycles. The zero-order valence-corrected chi connectivity index (χ0v) is 14.4. The van der Waals surface area contributed by atoms with Crippen molar-refractivity contribution in [3.8, 4) is 0 Å². The van der Waals surface area contributed by atoms with Crippen molar-refractivity contribution in [2.75, 3.05) is 5.32 Å². The number of nitrogens with one attached hydrogen (secondary N) is 1. The summed E-state index contributed by atoms with van der Waals surface area (Å²) in [6.07, 6.45) is 0. The van der Waals surface area contributed by atoms with Crippen LogP contribution in [0.25, 0.3) is 0 Å². The third-order valence-electron chi connectivity index (χ3n) is 2.63. The van der Waals surface area contributed by atoms with Gasteiger partial charge in [0.1, 0.15) is 4.99 Å². The normalized spacial score (nSPS) is 10.2. The zero-order valence-electron chi connectivity index (χ0n) is 10.5. The quantitative estimate of drug-likeness (QED) is 0.733. The van der Waals surface area contributed by atoms with Crippen LogP contribution in [-0.4, -0.2) is 10.9 Å². The summed E-state index contributed by atoms with van der Waals surface area (Å²) in [7, 11) is 0. The lowest BCUT2D eigenvalue weighted by Gasteiger charge is -2.09. The van der Waals surface area contributed by atoms with Crippen LogP contribution in [0.3, 0.4) is 0 Å². The Morgan fingerprint density at radius 3 is 2.24 bits per heavy atom. The molecule has 0 saturated carbocycles. The average molecular weight is 404 g/mol. The molecule has 0 heterocycles. The molecule has 108 valence electrons. The van der Waals surface area contributed by atoms with Crippen molar-refractivity contribution in [1.82, 2.24) is 0 Å². The van der Waals surface area contributed by atoms with Crippen LogP contribution in [0, 0.1) is 0 Å². The first-order chi connectivity index (χ1) is 9.86. The fraction of sp³-hybridized carbons (Fsp3) is 0. The van der Waals surface area contributed by atoms with Gasteiger partial charge in [-0.2, -0.15) is 0 Å². The van der Waals surface area contributed by atoms with Crippen molar-refractivity contribution in [2.45, 2.75) is 0 Å². The first kappa shape index (κ1) is 16.2. The van der Waals surface area contributed by atoms with Crippen LogP contribution in [0.1, 0.15) is 15.9 Å². The summed E-state index contributed by atoms with van der Waals surface area (Å²) in [5.41, 5.74) is 7.23. The van der Waals surface area contributed by atoms with Crippen LogP contribution in [-0.2, 0) is 0 Å². The third kappa shape index (κ3) is 4.17. The highest BCUT2D eigenvalue weighted by Crippen LogP contribution is 2.25. The number of anilines is 1. The Labute approximate surface area is 145 Å². The highest BCUT2D eigenvalue weighted by molar-refractivity contribution is 9.10. The van der Waals surface area contributed by atoms with Gasteiger partial charge in [-0.3, -0.25) is 4.79 Å². The Bertz CT molecular complexity index is 717. The van der Waals surface area contributed by atoms with E-state index in [1.54, 1.807) is 36.4 Å². The molecule has 21 heavy (non-hydrogen) atoms. The Hall–Kier alpha value is -1.14. The van der Waals surface area contributed by atoms with E-state index in [2.05, 4.69) is 21.2 Å². The SMILES string of the molecule is NC(=S)c1ccc(NC(=O)c2cc(Cl)cc(Cl)c2)c(Br)c1. The number of halogens is 3. The maximum absolute atomic E-state index is 12.2. The zero-order chi connectivity index (χ0) is 15.6. The summed E-state index contributed by atoms with van der Waals surface area (Å²) in [5, 5.41) is 3.56. The molecule has 0 unspecified atom stereocenters. The standard InChI is InChI=1S/C14H9BrCl2N2OS/c15-11-5-7(13(18)21)1-2-12(11)19-14(20)8-3-9(16)6-10(17)4-8/h1-6H,(H2,18,21)(H,19,20). The molecule has 2 aromatic rings. The summed E-state index contributed by atoms with van der Waals surface area (Å²) in [5.74, 6) is -0.317. The molecule has 2 aromatic carbocycles. The van der Waals surface area contributed by atoms with Crippen molar-refractivity contribution in [1.29, 1.82) is 0 Å². The number of hydrogen-bond acceptors (Lipinski definition) is 2. The van der Waals surface area contributed by atoms with Gasteiger partial charge in [-0.1, -0.05) is 35.4 Å². The first-order valence-electron chi connectivity index (χ1n) is 5.73. The van der Waals surface area contributed by atoms with Gasteiger partial charge in [-0.15, -0.1) is 0 Å². The molecule has 0 aliphatic carbocycles. The summed E-state index contributed by atoms with van der Waals surface area (Å²) >= 11 is 20.0. The summed E-state index contributed by atoms with van der Waals surface area (Å²) in [6, 6.07) is 9.83. The molecule has 0 atom stereocenters. The average Bonchev–Trinajstić information content (AvgIpc) is 2.39. The Balaban J connectivity index is 2.25. The molecule has 7 heteroatoms. The minimum atomic E-state index is -0.317. The number of nitrogens with two attached hydrogens (primary N) is 1. The highest BCUT2D eigenvalue weighted by atomic mass is 79.9. The van der Waals surface area contributed by atoms with Crippen molar-refractivity contribution in [3.63, 3.8) is 0 Å². The smallest absolute Gasteiger partial charge is 0.255 e. The summed E-state index contributed by atoms with van der Waals surface area (Å²) in [4.78, 5) is 12.5. The summed E-state index contributed by atoms with van der Waals surface area (Å²) < 4.78 is 0.675. The maximum atomic E-state index is 12.2. The number of thiocarbonyl (C=S) groups is 1. The second kappa shape index (κ2) is 6.75. The van der Waals surface area contributed by atoms with Gasteiger partial charge in [0.25, 0.3) is 5.91 Å². The predicted molar refractivity (Wildman–Crippen MR) is 94.4 cm³/mol. The minimum absolute atomic E-state index is 0.287. The summed E-state index contributed by atoms with van der Waals surface area (Å²) in [6.45, 7) is 0. The van der Waals surface area contributed by atoms with E-state index in [0.29, 0.717) is 31.3 Å². The molecule has 3 nitrogen and oxygen atoms in total. The lowest BCUT2D eigenvalue weighted by Crippen LogP contribution is -2.13. The second-order valence-electron chi connectivity index (χ2n) is 4.17. The third-order valence-corrected chi connectivity index (χ3v) is 3.95. The van der Waals surface area contributed by atoms with Gasteiger partial charge in [-0.05, 0) is 52.3 Å². The van der Waals surface area contributed by atoms with Crippen LogP contribution in [0.4, 0.5) is 5.69 Å². The lowest BCUT2D eigenvalue weighted by molar-refractivity contribution is 0.102. The van der Waals surface area contributed by atoms with Crippen LogP contribution in [0.5, 0.6) is 0 Å². The molecule has 0 bridgehead atoms. The lowest BCUT2D eigenvalue weighted by atomic mass is 10.2. The molecule has 0 aromatic heterocycles. The largest absolute Gasteiger partial charge is 0.389 e. The van der Waals surface area contributed by atoms with E-state index in [-0.39, 0.29) is 10.9 Å². The molecule has 0 fully saturated rings. The van der Waals surface area contributed by atoms with Gasteiger partial charge in [-0.25, -0.2) is 0 Å². The highest BCUT2D eigenvalue weighted by Gasteiger charge is 2.11. The minimum Gasteiger partial charge on any atom is -0.389 e.